The molecular weight excluding hydrogens is 236 g/mol. The van der Waals surface area contributed by atoms with E-state index in [9.17, 15) is 9.59 Å². The maximum Gasteiger partial charge on any atom is 0.328 e. The fourth-order valence-corrected chi connectivity index (χ4v) is 2.18. The van der Waals surface area contributed by atoms with Gasteiger partial charge in [0.2, 0.25) is 5.91 Å². The van der Waals surface area contributed by atoms with Crippen molar-refractivity contribution in [3.05, 3.63) is 12.7 Å². The number of hydrogen-bond donors (Lipinski definition) is 0. The molecule has 0 saturated carbocycles. The average molecular weight is 252 g/mol. The van der Waals surface area contributed by atoms with Gasteiger partial charge in [0, 0.05) is 6.54 Å². The minimum Gasteiger partial charge on any atom is -0.467 e. The van der Waals surface area contributed by atoms with Gasteiger partial charge in [-0.1, -0.05) is 0 Å². The molecule has 2 rings (SSSR count). The molecule has 0 bridgehead atoms. The molecule has 0 spiro atoms. The highest BCUT2D eigenvalue weighted by Crippen LogP contribution is 2.22. The van der Waals surface area contributed by atoms with E-state index < -0.39 is 12.1 Å². The van der Waals surface area contributed by atoms with Crippen LogP contribution in [0.1, 0.15) is 25.8 Å². The lowest BCUT2D eigenvalue weighted by atomic mass is 10.2. The third kappa shape index (κ3) is 2.20. The molecule has 7 heteroatoms. The largest absolute Gasteiger partial charge is 0.467 e. The van der Waals surface area contributed by atoms with Crippen LogP contribution in [0.25, 0.3) is 0 Å². The Bertz CT molecular complexity index is 432. The second-order valence-corrected chi connectivity index (χ2v) is 4.26. The molecule has 1 amide bonds. The molecule has 1 aliphatic heterocycles. The molecule has 7 nitrogen and oxygen atoms in total. The number of methoxy groups -OCH3 is 1. The molecule has 0 unspecified atom stereocenters. The lowest BCUT2D eigenvalue weighted by Gasteiger charge is -2.25. The van der Waals surface area contributed by atoms with Crippen molar-refractivity contribution in [3.8, 4) is 0 Å². The van der Waals surface area contributed by atoms with Gasteiger partial charge in [-0.2, -0.15) is 5.10 Å². The van der Waals surface area contributed by atoms with E-state index in [4.69, 9.17) is 4.74 Å². The van der Waals surface area contributed by atoms with Crippen molar-refractivity contribution in [1.29, 1.82) is 0 Å². The number of nitrogens with zero attached hydrogens (tertiary/aromatic N) is 4. The highest BCUT2D eigenvalue weighted by Gasteiger charge is 2.37. The molecule has 18 heavy (non-hydrogen) atoms. The maximum atomic E-state index is 12.3. The molecule has 1 aliphatic rings. The number of rotatable bonds is 3. The summed E-state index contributed by atoms with van der Waals surface area (Å²) >= 11 is 0. The predicted molar refractivity (Wildman–Crippen MR) is 61.5 cm³/mol. The van der Waals surface area contributed by atoms with Crippen molar-refractivity contribution in [2.75, 3.05) is 13.7 Å². The Morgan fingerprint density at radius 2 is 2.28 bits per heavy atom. The summed E-state index contributed by atoms with van der Waals surface area (Å²) in [6.07, 6.45) is 4.34. The van der Waals surface area contributed by atoms with Crippen LogP contribution in [0.15, 0.2) is 12.7 Å². The molecule has 1 aromatic rings. The maximum absolute atomic E-state index is 12.3. The molecule has 2 heterocycles. The second kappa shape index (κ2) is 5.16. The van der Waals surface area contributed by atoms with E-state index in [2.05, 4.69) is 10.1 Å². The summed E-state index contributed by atoms with van der Waals surface area (Å²) in [5.41, 5.74) is 0. The number of esters is 1. The fraction of sp³-hybridized carbons (Fsp3) is 0.636. The monoisotopic (exact) mass is 252 g/mol. The van der Waals surface area contributed by atoms with Crippen LogP contribution in [0.2, 0.25) is 0 Å². The number of carbonyl (C=O) groups is 2. The first-order valence-electron chi connectivity index (χ1n) is 5.87. The molecule has 98 valence electrons. The molecule has 0 radical (unpaired) electrons. The Kier molecular flexibility index (Phi) is 3.59. The van der Waals surface area contributed by atoms with E-state index in [1.807, 2.05) is 0 Å². The lowest BCUT2D eigenvalue weighted by molar-refractivity contribution is -0.152. The van der Waals surface area contributed by atoms with Gasteiger partial charge in [-0.05, 0) is 19.8 Å². The number of hydrogen-bond acceptors (Lipinski definition) is 5. The second-order valence-electron chi connectivity index (χ2n) is 4.26. The Hall–Kier alpha value is -1.92. The molecular formula is C11H16N4O3. The Balaban J connectivity index is 2.11. The van der Waals surface area contributed by atoms with Crippen LogP contribution in [0, 0.1) is 0 Å². The van der Waals surface area contributed by atoms with Crippen LogP contribution in [0.5, 0.6) is 0 Å². The molecule has 0 aromatic carbocycles. The third-order valence-electron chi connectivity index (χ3n) is 3.20. The van der Waals surface area contributed by atoms with Crippen molar-refractivity contribution in [3.63, 3.8) is 0 Å². The number of likely N-dealkylation sites (tertiary alicyclic amines) is 1. The Labute approximate surface area is 105 Å². The smallest absolute Gasteiger partial charge is 0.328 e. The van der Waals surface area contributed by atoms with Crippen LogP contribution in [0.4, 0.5) is 0 Å². The van der Waals surface area contributed by atoms with Gasteiger partial charge < -0.3 is 9.64 Å². The fourth-order valence-electron chi connectivity index (χ4n) is 2.18. The normalized spacial score (nSPS) is 20.8. The van der Waals surface area contributed by atoms with E-state index in [1.165, 1.54) is 24.4 Å². The standard InChI is InChI=1S/C11H16N4O3/c1-8(15-7-12-6-13-15)10(16)14-5-3-4-9(14)11(17)18-2/h6-9H,3-5H2,1-2H3/t8-,9+/m0/s1. The minimum absolute atomic E-state index is 0.131. The predicted octanol–water partition coefficient (Wildman–Crippen LogP) is 0.00310. The van der Waals surface area contributed by atoms with Crippen LogP contribution < -0.4 is 0 Å². The summed E-state index contributed by atoms with van der Waals surface area (Å²) in [5.74, 6) is -0.486. The van der Waals surface area contributed by atoms with Crippen molar-refractivity contribution in [1.82, 2.24) is 19.7 Å². The highest BCUT2D eigenvalue weighted by molar-refractivity contribution is 5.87. The number of amides is 1. The summed E-state index contributed by atoms with van der Waals surface area (Å²) in [4.78, 5) is 29.3. The molecule has 1 saturated heterocycles. The van der Waals surface area contributed by atoms with Crippen molar-refractivity contribution in [2.45, 2.75) is 31.8 Å². The molecule has 0 N–H and O–H groups in total. The van der Waals surface area contributed by atoms with Gasteiger partial charge in [-0.25, -0.2) is 14.5 Å². The zero-order valence-electron chi connectivity index (χ0n) is 10.4. The topological polar surface area (TPSA) is 77.3 Å². The van der Waals surface area contributed by atoms with Crippen molar-refractivity contribution in [2.24, 2.45) is 0 Å². The van der Waals surface area contributed by atoms with E-state index >= 15 is 0 Å². The van der Waals surface area contributed by atoms with E-state index in [-0.39, 0.29) is 11.9 Å². The van der Waals surface area contributed by atoms with Crippen molar-refractivity contribution < 1.29 is 14.3 Å². The van der Waals surface area contributed by atoms with Crippen LogP contribution in [0.3, 0.4) is 0 Å². The Morgan fingerprint density at radius 1 is 1.50 bits per heavy atom. The first kappa shape index (κ1) is 12.5. The third-order valence-corrected chi connectivity index (χ3v) is 3.20. The zero-order chi connectivity index (χ0) is 13.1. The first-order chi connectivity index (χ1) is 8.65. The Morgan fingerprint density at radius 3 is 2.89 bits per heavy atom. The van der Waals surface area contributed by atoms with Gasteiger partial charge in [-0.3, -0.25) is 4.79 Å². The van der Waals surface area contributed by atoms with Gasteiger partial charge in [0.1, 0.15) is 24.7 Å². The summed E-state index contributed by atoms with van der Waals surface area (Å²) in [6, 6.07) is -0.925. The quantitative estimate of drug-likeness (QED) is 0.708. The lowest BCUT2D eigenvalue weighted by Crippen LogP contribution is -2.44. The van der Waals surface area contributed by atoms with Gasteiger partial charge >= 0.3 is 5.97 Å². The van der Waals surface area contributed by atoms with Crippen LogP contribution in [-0.4, -0.2) is 51.2 Å². The summed E-state index contributed by atoms with van der Waals surface area (Å²) in [7, 11) is 1.34. The number of carbonyl (C=O) groups excluding carboxylic acids is 2. The highest BCUT2D eigenvalue weighted by atomic mass is 16.5. The van der Waals surface area contributed by atoms with E-state index in [0.29, 0.717) is 13.0 Å². The van der Waals surface area contributed by atoms with E-state index in [1.54, 1.807) is 11.8 Å². The van der Waals surface area contributed by atoms with Gasteiger partial charge in [0.25, 0.3) is 0 Å². The summed E-state index contributed by atoms with van der Waals surface area (Å²) in [6.45, 7) is 2.32. The summed E-state index contributed by atoms with van der Waals surface area (Å²) < 4.78 is 6.20. The average Bonchev–Trinajstić information content (AvgIpc) is 3.06. The van der Waals surface area contributed by atoms with Gasteiger partial charge in [-0.15, -0.1) is 0 Å². The number of aromatic nitrogens is 3. The first-order valence-corrected chi connectivity index (χ1v) is 5.87. The molecule has 1 aromatic heterocycles. The van der Waals surface area contributed by atoms with Gasteiger partial charge in [0.05, 0.1) is 7.11 Å². The van der Waals surface area contributed by atoms with Crippen molar-refractivity contribution >= 4 is 11.9 Å². The van der Waals surface area contributed by atoms with Crippen LogP contribution >= 0.6 is 0 Å². The zero-order valence-corrected chi connectivity index (χ0v) is 10.4. The van der Waals surface area contributed by atoms with Gasteiger partial charge in [0.15, 0.2) is 0 Å². The molecule has 2 atom stereocenters. The molecule has 0 aliphatic carbocycles. The van der Waals surface area contributed by atoms with Crippen LogP contribution in [-0.2, 0) is 14.3 Å². The van der Waals surface area contributed by atoms with E-state index in [0.717, 1.165) is 6.42 Å². The number of ether oxygens (including phenoxy) is 1. The SMILES string of the molecule is COC(=O)[C@H]1CCCN1C(=O)[C@H](C)n1cncn1. The summed E-state index contributed by atoms with van der Waals surface area (Å²) in [5, 5.41) is 3.94. The minimum atomic E-state index is -0.464. The molecule has 1 fully saturated rings.